The van der Waals surface area contributed by atoms with Crippen LogP contribution in [0.2, 0.25) is 0 Å². The molecule has 6 N–H and O–H groups in total. The second-order valence-electron chi connectivity index (χ2n) is 1.10. The van der Waals surface area contributed by atoms with Crippen molar-refractivity contribution in [3.05, 3.63) is 0 Å². The zero-order chi connectivity index (χ0) is 7.71. The summed E-state index contributed by atoms with van der Waals surface area (Å²) in [7, 11) is -11.8. The van der Waals surface area contributed by atoms with Crippen molar-refractivity contribution in [3.8, 4) is 0 Å². The predicted molar refractivity (Wildman–Crippen MR) is 23.4 cm³/mol. The molecule has 0 spiro atoms. The molecule has 0 aromatic carbocycles. The van der Waals surface area contributed by atoms with E-state index in [1.54, 1.807) is 0 Å². The Labute approximate surface area is 239 Å². The Bertz CT molecular complexity index is 89.5. The summed E-state index contributed by atoms with van der Waals surface area (Å²) in [5.41, 5.74) is 0. The molecule has 0 amide bonds. The van der Waals surface area contributed by atoms with Crippen molar-refractivity contribution in [3.63, 3.8) is 0 Å². The van der Waals surface area contributed by atoms with E-state index >= 15 is 0 Å². The molecule has 0 atom stereocenters. The summed E-state index contributed by atoms with van der Waals surface area (Å²) >= 11 is 0. The average molecular weight is 360 g/mol. The van der Waals surface area contributed by atoms with E-state index in [1.807, 2.05) is 0 Å². The fourth-order valence-electron chi connectivity index (χ4n) is 0.153. The molecule has 0 aliphatic carbocycles. The van der Waals surface area contributed by atoms with Crippen molar-refractivity contribution in [1.82, 2.24) is 0 Å². The minimum atomic E-state index is -5.92. The first-order valence-corrected chi connectivity index (χ1v) is 4.90. The Morgan fingerprint density at radius 3 is 0.556 bits per heavy atom. The van der Waals surface area contributed by atoms with Gasteiger partial charge in [0.1, 0.15) is 0 Å². The molecular formula is H6Na6O10Si2. The van der Waals surface area contributed by atoms with Gasteiger partial charge in [0.05, 0.1) is 0 Å². The van der Waals surface area contributed by atoms with Gasteiger partial charge in [0.25, 0.3) is 0 Å². The van der Waals surface area contributed by atoms with Crippen molar-refractivity contribution in [1.29, 1.82) is 0 Å². The van der Waals surface area contributed by atoms with Crippen LogP contribution in [0, 0.1) is 0 Å². The van der Waals surface area contributed by atoms with Crippen LogP contribution in [0.25, 0.3) is 0 Å². The van der Waals surface area contributed by atoms with Crippen molar-refractivity contribution >= 4 is 18.1 Å². The molecule has 0 fully saturated rings. The van der Waals surface area contributed by atoms with Crippen LogP contribution in [0.3, 0.4) is 0 Å². The van der Waals surface area contributed by atoms with E-state index in [0.717, 1.165) is 0 Å². The van der Waals surface area contributed by atoms with E-state index in [2.05, 4.69) is 4.12 Å². The molecule has 0 radical (unpaired) electrons. The summed E-state index contributed by atoms with van der Waals surface area (Å²) in [4.78, 5) is 56.2. The third-order valence-electron chi connectivity index (χ3n) is 0.250. The van der Waals surface area contributed by atoms with Gasteiger partial charge in [-0.1, -0.05) is 0 Å². The van der Waals surface area contributed by atoms with Gasteiger partial charge in [-0.15, -0.1) is 18.1 Å². The summed E-state index contributed by atoms with van der Waals surface area (Å²) in [6.07, 6.45) is 0. The molecule has 10 nitrogen and oxygen atoms in total. The first-order chi connectivity index (χ1) is 3.71. The van der Waals surface area contributed by atoms with Crippen LogP contribution < -0.4 is 206 Å². The smallest absolute Gasteiger partial charge is 0.862 e. The van der Waals surface area contributed by atoms with Gasteiger partial charge in [-0.3, -0.25) is 0 Å². The Kier molecular flexibility index (Phi) is 111. The SMILES string of the molecule is O.O.O.[Na+].[Na+].[Na+].[Na+].[Na+].[Na+].[O-][Si]([O-])([O-])O[Si]([O-])([O-])[O-]. The van der Waals surface area contributed by atoms with Crippen LogP contribution >= 0.6 is 0 Å². The molecule has 0 saturated heterocycles. The van der Waals surface area contributed by atoms with Crippen LogP contribution in [-0.2, 0) is 4.12 Å². The largest absolute Gasteiger partial charge is 1.00 e. The van der Waals surface area contributed by atoms with Crippen LogP contribution in [0.4, 0.5) is 0 Å². The monoisotopic (exact) mass is 360 g/mol. The third kappa shape index (κ3) is 67.3. The standard InChI is InChI=1S/6Na.O7Si2.3H2O/c;;;;;;1-8(2,3)7-9(4,5)6;;;/h;;;;;;;3*1H2/q6*+1;-6;;;. The van der Waals surface area contributed by atoms with Gasteiger partial charge in [-0.05, 0) is 0 Å². The fraction of sp³-hybridized carbons (Fsp3) is 0. The van der Waals surface area contributed by atoms with E-state index in [4.69, 9.17) is 0 Å². The van der Waals surface area contributed by atoms with E-state index in [1.165, 1.54) is 0 Å². The Morgan fingerprint density at radius 2 is 0.556 bits per heavy atom. The minimum Gasteiger partial charge on any atom is -0.862 e. The number of hydrogen-bond donors (Lipinski definition) is 0. The molecule has 0 aliphatic heterocycles. The molecule has 80 valence electrons. The van der Waals surface area contributed by atoms with Gasteiger partial charge in [0, 0.05) is 0 Å². The molecule has 18 heavy (non-hydrogen) atoms. The van der Waals surface area contributed by atoms with Gasteiger partial charge >= 0.3 is 177 Å². The zero-order valence-corrected chi connectivity index (χ0v) is 25.4. The Morgan fingerprint density at radius 1 is 0.444 bits per heavy atom. The molecule has 0 bridgehead atoms. The van der Waals surface area contributed by atoms with E-state index in [-0.39, 0.29) is 194 Å². The van der Waals surface area contributed by atoms with E-state index < -0.39 is 18.1 Å². The van der Waals surface area contributed by atoms with E-state index in [9.17, 15) is 28.8 Å². The second kappa shape index (κ2) is 30.9. The van der Waals surface area contributed by atoms with E-state index in [0.29, 0.717) is 0 Å². The molecule has 0 aromatic rings. The average Bonchev–Trinajstić information content (AvgIpc) is 1.14. The normalized spacial score (nSPS) is 7.00. The predicted octanol–water partition coefficient (Wildman–Crippen LogP) is -28.4. The quantitative estimate of drug-likeness (QED) is 0.430. The van der Waals surface area contributed by atoms with Gasteiger partial charge in [0.2, 0.25) is 0 Å². The summed E-state index contributed by atoms with van der Waals surface area (Å²) in [5, 5.41) is 0. The van der Waals surface area contributed by atoms with Crippen LogP contribution in [-0.4, -0.2) is 34.5 Å². The van der Waals surface area contributed by atoms with Crippen molar-refractivity contribution in [2.75, 3.05) is 0 Å². The van der Waals surface area contributed by atoms with Crippen molar-refractivity contribution in [2.24, 2.45) is 0 Å². The molecular weight excluding hydrogens is 354 g/mol. The molecule has 18 heteroatoms. The molecule has 0 heterocycles. The minimum absolute atomic E-state index is 0. The van der Waals surface area contributed by atoms with Crippen molar-refractivity contribution in [2.45, 2.75) is 0 Å². The Balaban J connectivity index is -0.00000000889. The first kappa shape index (κ1) is 64.7. The molecule has 0 aliphatic rings. The first-order valence-electron chi connectivity index (χ1n) is 1.63. The summed E-state index contributed by atoms with van der Waals surface area (Å²) in [6.45, 7) is 0. The topological polar surface area (TPSA) is 242 Å². The summed E-state index contributed by atoms with van der Waals surface area (Å²) in [5.74, 6) is 0. The molecule has 0 unspecified atom stereocenters. The number of rotatable bonds is 2. The summed E-state index contributed by atoms with van der Waals surface area (Å²) in [6, 6.07) is 0. The maximum absolute atomic E-state index is 9.36. The van der Waals surface area contributed by atoms with Gasteiger partial charge < -0.3 is 49.3 Å². The number of hydrogen-bond acceptors (Lipinski definition) is 7. The molecule has 0 saturated carbocycles. The van der Waals surface area contributed by atoms with Gasteiger partial charge in [-0.2, -0.15) is 0 Å². The fourth-order valence-corrected chi connectivity index (χ4v) is 1.38. The van der Waals surface area contributed by atoms with Crippen LogP contribution in [0.5, 0.6) is 0 Å². The van der Waals surface area contributed by atoms with Gasteiger partial charge in [-0.25, -0.2) is 0 Å². The maximum Gasteiger partial charge on any atom is 1.00 e. The second-order valence-corrected chi connectivity index (χ2v) is 3.92. The summed E-state index contributed by atoms with van der Waals surface area (Å²) < 4.78 is 2.57. The van der Waals surface area contributed by atoms with Crippen LogP contribution in [0.1, 0.15) is 0 Å². The zero-order valence-electron chi connectivity index (χ0n) is 11.4. The molecule has 0 aromatic heterocycles. The Hall–Kier alpha value is 6.03. The van der Waals surface area contributed by atoms with Gasteiger partial charge in [0.15, 0.2) is 0 Å². The third-order valence-corrected chi connectivity index (χ3v) is 2.25. The van der Waals surface area contributed by atoms with Crippen molar-refractivity contribution < 1.29 is 227 Å². The van der Waals surface area contributed by atoms with Crippen LogP contribution in [0.15, 0.2) is 0 Å². The maximum atomic E-state index is 9.36. The molecule has 0 rings (SSSR count).